The number of piperidine rings is 1. The van der Waals surface area contributed by atoms with Gasteiger partial charge in [-0.3, -0.25) is 4.79 Å². The molecule has 6 N–H and O–H groups in total. The van der Waals surface area contributed by atoms with Crippen LogP contribution in [0.15, 0.2) is 71.0 Å². The van der Waals surface area contributed by atoms with Crippen LogP contribution in [0.1, 0.15) is 22.8 Å². The van der Waals surface area contributed by atoms with E-state index < -0.39 is 43.2 Å². The molecule has 3 atom stereocenters. The van der Waals surface area contributed by atoms with E-state index in [2.05, 4.69) is 11.3 Å². The molecule has 3 rings (SSSR count). The van der Waals surface area contributed by atoms with Crippen molar-refractivity contribution in [1.29, 1.82) is 0 Å². The zero-order valence-electron chi connectivity index (χ0n) is 19.2. The maximum absolute atomic E-state index is 13.2. The normalized spacial score (nSPS) is 21.0. The van der Waals surface area contributed by atoms with Crippen molar-refractivity contribution >= 4 is 26.3 Å². The van der Waals surface area contributed by atoms with Crippen LogP contribution in [0.5, 0.6) is 0 Å². The average molecular weight is 545 g/mol. The number of nitrogens with zero attached hydrogens (tertiary/aromatic N) is 1. The lowest BCUT2D eigenvalue weighted by molar-refractivity contribution is -0.406. The summed E-state index contributed by atoms with van der Waals surface area (Å²) in [5.74, 6) is -3.05. The molecule has 198 valence electrons. The number of hydroxylamine groups is 2. The van der Waals surface area contributed by atoms with E-state index in [0.717, 1.165) is 6.08 Å². The number of sulfonamides is 1. The summed E-state index contributed by atoms with van der Waals surface area (Å²) < 4.78 is 54.6. The van der Waals surface area contributed by atoms with Crippen molar-refractivity contribution in [2.45, 2.75) is 46.4 Å². The second-order valence-electron chi connectivity index (χ2n) is 7.91. The van der Waals surface area contributed by atoms with Gasteiger partial charge in [-0.1, -0.05) is 30.3 Å². The van der Waals surface area contributed by atoms with Gasteiger partial charge >= 0.3 is 0 Å². The highest BCUT2D eigenvalue weighted by atomic mass is 32.2. The first-order chi connectivity index (χ1) is 16.7. The van der Waals surface area contributed by atoms with Gasteiger partial charge in [0.05, 0.1) is 15.8 Å². The first kappa shape index (κ1) is 29.5. The smallest absolute Gasteiger partial charge is 0.290 e. The van der Waals surface area contributed by atoms with Gasteiger partial charge in [0.25, 0.3) is 12.4 Å². The third-order valence-corrected chi connectivity index (χ3v) is 9.11. The van der Waals surface area contributed by atoms with Crippen LogP contribution in [0.2, 0.25) is 0 Å². The molecule has 14 heteroatoms. The number of aryl methyl sites for hydroxylation is 1. The molecule has 0 saturated carbocycles. The molecule has 0 aliphatic carbocycles. The van der Waals surface area contributed by atoms with Crippen LogP contribution in [-0.2, 0) is 24.7 Å². The van der Waals surface area contributed by atoms with Gasteiger partial charge in [-0.15, -0.1) is 11.6 Å². The second kappa shape index (κ2) is 11.6. The number of benzene rings is 2. The zero-order valence-corrected chi connectivity index (χ0v) is 20.8. The van der Waals surface area contributed by atoms with Crippen molar-refractivity contribution in [3.05, 3.63) is 72.3 Å². The molecule has 1 aliphatic rings. The Hall–Kier alpha value is -2.69. The first-order valence-electron chi connectivity index (χ1n) is 10.5. The second-order valence-corrected chi connectivity index (χ2v) is 11.7. The standard InChI is InChI=1S/C21H26N2O8S2.CH2O2/c1-3-19(33(30,31)22-18-11-12-23(27)21(25,26)20(18)24)17-13-16(10-9-14(17)2)32(28,29)15-7-5-4-6-8-15;2-1-3/h3-10,13,18-20,22,24-27H,1,11-12H2,2H3;1H,(H,2,3). The van der Waals surface area contributed by atoms with Crippen molar-refractivity contribution < 1.29 is 47.3 Å². The van der Waals surface area contributed by atoms with Crippen LogP contribution in [-0.4, -0.2) is 78.6 Å². The number of carboxylic acid groups (broad SMARTS) is 1. The van der Waals surface area contributed by atoms with E-state index in [0.29, 0.717) is 5.56 Å². The average Bonchev–Trinajstić information content (AvgIpc) is 2.82. The summed E-state index contributed by atoms with van der Waals surface area (Å²) in [7, 11) is -8.23. The lowest BCUT2D eigenvalue weighted by Gasteiger charge is -2.42. The highest BCUT2D eigenvalue weighted by molar-refractivity contribution is 7.91. The molecule has 36 heavy (non-hydrogen) atoms. The van der Waals surface area contributed by atoms with E-state index in [9.17, 15) is 37.4 Å². The predicted octanol–water partition coefficient (Wildman–Crippen LogP) is 0.138. The molecule has 0 amide bonds. The minimum absolute atomic E-state index is 0.0528. The number of aliphatic hydroxyl groups excluding tert-OH is 1. The monoisotopic (exact) mass is 544 g/mol. The SMILES string of the molecule is C=CC(c1cc(S(=O)(=O)c2ccccc2)ccc1C)S(=O)(=O)NC1CCN(O)C(O)(O)C1O.O=CO. The largest absolute Gasteiger partial charge is 0.483 e. The van der Waals surface area contributed by atoms with Gasteiger partial charge in [0.15, 0.2) is 0 Å². The quantitative estimate of drug-likeness (QED) is 0.157. The van der Waals surface area contributed by atoms with Gasteiger partial charge in [0.1, 0.15) is 11.4 Å². The molecular formula is C22H28N2O10S2. The molecule has 0 bridgehead atoms. The summed E-state index contributed by atoms with van der Waals surface area (Å²) in [6.07, 6.45) is -1.06. The number of rotatable bonds is 7. The van der Waals surface area contributed by atoms with Crippen LogP contribution < -0.4 is 4.72 Å². The lowest BCUT2D eigenvalue weighted by atomic mass is 10.0. The molecule has 1 saturated heterocycles. The summed E-state index contributed by atoms with van der Waals surface area (Å²) >= 11 is 0. The minimum atomic E-state index is -4.32. The first-order valence-corrected chi connectivity index (χ1v) is 13.5. The van der Waals surface area contributed by atoms with E-state index in [1.54, 1.807) is 25.1 Å². The molecule has 1 fully saturated rings. The highest BCUT2D eigenvalue weighted by Crippen LogP contribution is 2.32. The van der Waals surface area contributed by atoms with Gasteiger partial charge in [-0.05, 0) is 48.7 Å². The zero-order chi connectivity index (χ0) is 27.3. The molecule has 2 aromatic carbocycles. The third kappa shape index (κ3) is 6.16. The summed E-state index contributed by atoms with van der Waals surface area (Å²) in [5, 5.41) is 44.9. The van der Waals surface area contributed by atoms with Gasteiger partial charge in [-0.25, -0.2) is 21.6 Å². The molecule has 12 nitrogen and oxygen atoms in total. The molecule has 0 spiro atoms. The molecule has 0 aromatic heterocycles. The van der Waals surface area contributed by atoms with E-state index >= 15 is 0 Å². The Balaban J connectivity index is 0.00000145. The number of hydrogen-bond acceptors (Lipinski definition) is 10. The molecular weight excluding hydrogens is 516 g/mol. The van der Waals surface area contributed by atoms with E-state index in [-0.39, 0.29) is 39.9 Å². The van der Waals surface area contributed by atoms with Gasteiger partial charge in [0.2, 0.25) is 19.9 Å². The van der Waals surface area contributed by atoms with E-state index in [4.69, 9.17) is 9.90 Å². The number of nitrogens with one attached hydrogen (secondary N) is 1. The molecule has 1 aliphatic heterocycles. The van der Waals surface area contributed by atoms with Gasteiger partial charge in [0, 0.05) is 6.54 Å². The summed E-state index contributed by atoms with van der Waals surface area (Å²) in [6.45, 7) is 4.62. The lowest BCUT2D eigenvalue weighted by Crippen LogP contribution is -2.67. The van der Waals surface area contributed by atoms with Crippen molar-refractivity contribution in [1.82, 2.24) is 9.79 Å². The number of sulfone groups is 1. The Labute approximate surface area is 208 Å². The number of carbonyl (C=O) groups is 1. The van der Waals surface area contributed by atoms with E-state index in [1.165, 1.54) is 30.3 Å². The maximum Gasteiger partial charge on any atom is 0.290 e. The molecule has 3 unspecified atom stereocenters. The van der Waals surface area contributed by atoms with Crippen LogP contribution in [0, 0.1) is 6.92 Å². The van der Waals surface area contributed by atoms with Crippen LogP contribution >= 0.6 is 0 Å². The van der Waals surface area contributed by atoms with Crippen molar-refractivity contribution in [2.75, 3.05) is 6.54 Å². The topological polar surface area (TPSA) is 202 Å². The Bertz CT molecular complexity index is 1280. The Kier molecular flexibility index (Phi) is 9.50. The van der Waals surface area contributed by atoms with Crippen LogP contribution in [0.4, 0.5) is 0 Å². The highest BCUT2D eigenvalue weighted by Gasteiger charge is 2.49. The summed E-state index contributed by atoms with van der Waals surface area (Å²) in [6, 6.07) is 10.5. The van der Waals surface area contributed by atoms with Crippen LogP contribution in [0.25, 0.3) is 0 Å². The summed E-state index contributed by atoms with van der Waals surface area (Å²) in [4.78, 5) is 8.31. The molecule has 0 radical (unpaired) electrons. The third-order valence-electron chi connectivity index (χ3n) is 5.59. The fourth-order valence-corrected chi connectivity index (χ4v) is 6.64. The van der Waals surface area contributed by atoms with Crippen molar-refractivity contribution in [3.8, 4) is 0 Å². The predicted molar refractivity (Wildman–Crippen MR) is 127 cm³/mol. The fraction of sp³-hybridized carbons (Fsp3) is 0.318. The summed E-state index contributed by atoms with van der Waals surface area (Å²) in [5.41, 5.74) is 0.643. The Morgan fingerprint density at radius 1 is 1.11 bits per heavy atom. The van der Waals surface area contributed by atoms with Crippen LogP contribution in [0.3, 0.4) is 0 Å². The Morgan fingerprint density at radius 2 is 1.69 bits per heavy atom. The van der Waals surface area contributed by atoms with E-state index in [1.807, 2.05) is 0 Å². The van der Waals surface area contributed by atoms with Crippen molar-refractivity contribution in [3.63, 3.8) is 0 Å². The minimum Gasteiger partial charge on any atom is -0.483 e. The number of hydrogen-bond donors (Lipinski definition) is 6. The molecule has 2 aromatic rings. The van der Waals surface area contributed by atoms with Gasteiger partial charge < -0.3 is 25.6 Å². The number of aliphatic hydroxyl groups is 3. The van der Waals surface area contributed by atoms with Gasteiger partial charge in [-0.2, -0.15) is 0 Å². The fourth-order valence-electron chi connectivity index (χ4n) is 3.66. The van der Waals surface area contributed by atoms with Crippen molar-refractivity contribution in [2.24, 2.45) is 0 Å². The Morgan fingerprint density at radius 3 is 2.25 bits per heavy atom. The molecule has 1 heterocycles. The maximum atomic E-state index is 13.2.